The van der Waals surface area contributed by atoms with Gasteiger partial charge < -0.3 is 4.90 Å². The predicted molar refractivity (Wildman–Crippen MR) is 87.7 cm³/mol. The summed E-state index contributed by atoms with van der Waals surface area (Å²) in [6.45, 7) is 4.12. The summed E-state index contributed by atoms with van der Waals surface area (Å²) >= 11 is 3.30. The van der Waals surface area contributed by atoms with Gasteiger partial charge in [-0.25, -0.2) is 0 Å². The monoisotopic (exact) mass is 319 g/mol. The summed E-state index contributed by atoms with van der Waals surface area (Å²) in [5.41, 5.74) is 1.69. The van der Waals surface area contributed by atoms with Crippen molar-refractivity contribution in [2.45, 2.75) is 33.1 Å². The number of ketones is 1. The van der Waals surface area contributed by atoms with E-state index >= 15 is 0 Å². The highest BCUT2D eigenvalue weighted by Gasteiger charge is 2.26. The van der Waals surface area contributed by atoms with Gasteiger partial charge in [-0.1, -0.05) is 0 Å². The van der Waals surface area contributed by atoms with E-state index in [0.29, 0.717) is 6.42 Å². The van der Waals surface area contributed by atoms with Gasteiger partial charge in [-0.05, 0) is 44.2 Å². The van der Waals surface area contributed by atoms with Crippen LogP contribution in [-0.2, 0) is 11.2 Å². The molecule has 0 saturated carbocycles. The van der Waals surface area contributed by atoms with Crippen molar-refractivity contribution in [2.75, 3.05) is 11.4 Å². The summed E-state index contributed by atoms with van der Waals surface area (Å²) in [7, 11) is 0. The molecule has 0 fully saturated rings. The molecule has 5 heteroatoms. The molecule has 0 saturated heterocycles. The third-order valence-electron chi connectivity index (χ3n) is 3.75. The molecule has 1 amide bonds. The molecule has 0 N–H and O–H groups in total. The maximum absolute atomic E-state index is 12.6. The number of rotatable bonds is 3. The highest BCUT2D eigenvalue weighted by Crippen LogP contribution is 2.32. The van der Waals surface area contributed by atoms with Crippen molar-refractivity contribution >= 4 is 40.1 Å². The molecule has 0 spiro atoms. The first-order valence-electron chi connectivity index (χ1n) is 7.03. The molecule has 3 rings (SSSR count). The molecule has 110 valence electrons. The van der Waals surface area contributed by atoms with Crippen molar-refractivity contribution in [3.8, 4) is 0 Å². The van der Waals surface area contributed by atoms with Crippen LogP contribution < -0.4 is 4.90 Å². The van der Waals surface area contributed by atoms with Crippen molar-refractivity contribution in [1.29, 1.82) is 0 Å². The van der Waals surface area contributed by atoms with Crippen molar-refractivity contribution in [2.24, 2.45) is 0 Å². The highest BCUT2D eigenvalue weighted by molar-refractivity contribution is 7.12. The van der Waals surface area contributed by atoms with E-state index in [1.807, 2.05) is 31.4 Å². The molecule has 21 heavy (non-hydrogen) atoms. The average molecular weight is 319 g/mol. The largest absolute Gasteiger partial charge is 0.303 e. The van der Waals surface area contributed by atoms with Crippen LogP contribution in [0.5, 0.6) is 0 Å². The molecule has 0 radical (unpaired) electrons. The van der Waals surface area contributed by atoms with Crippen LogP contribution >= 0.6 is 22.7 Å². The zero-order valence-corrected chi connectivity index (χ0v) is 13.8. The van der Waals surface area contributed by atoms with Gasteiger partial charge in [0.15, 0.2) is 5.78 Å². The predicted octanol–water partition coefficient (Wildman–Crippen LogP) is 3.98. The van der Waals surface area contributed by atoms with E-state index < -0.39 is 0 Å². The smallest absolute Gasteiger partial charge is 0.227 e. The standard InChI is InChI=1S/C16H17NO2S2/c1-10-8-12(11(2)21-10)14(18)9-17-13-6-7-20-15(13)4-3-5-16(17)19/h6-8H,3-5,9H2,1-2H3. The molecule has 2 aromatic rings. The molecule has 3 nitrogen and oxygen atoms in total. The zero-order valence-electron chi connectivity index (χ0n) is 12.1. The number of anilines is 1. The fourth-order valence-electron chi connectivity index (χ4n) is 2.74. The molecular weight excluding hydrogens is 302 g/mol. The van der Waals surface area contributed by atoms with Gasteiger partial charge in [0.2, 0.25) is 5.91 Å². The van der Waals surface area contributed by atoms with Crippen molar-refractivity contribution in [3.63, 3.8) is 0 Å². The second kappa shape index (κ2) is 5.73. The lowest BCUT2D eigenvalue weighted by Gasteiger charge is -2.20. The molecule has 1 aliphatic heterocycles. The molecule has 0 aliphatic carbocycles. The Morgan fingerprint density at radius 2 is 2.14 bits per heavy atom. The Morgan fingerprint density at radius 3 is 2.86 bits per heavy atom. The number of Topliss-reactive ketones (excluding diaryl/α,β-unsaturated/α-hetero) is 1. The molecule has 0 aromatic carbocycles. The second-order valence-electron chi connectivity index (χ2n) is 5.31. The number of hydrogen-bond acceptors (Lipinski definition) is 4. The summed E-state index contributed by atoms with van der Waals surface area (Å²) in [5.74, 6) is 0.0920. The van der Waals surface area contributed by atoms with Crippen molar-refractivity contribution < 1.29 is 9.59 Å². The van der Waals surface area contributed by atoms with Crippen LogP contribution in [0.3, 0.4) is 0 Å². The Morgan fingerprint density at radius 1 is 1.33 bits per heavy atom. The third kappa shape index (κ3) is 2.80. The lowest BCUT2D eigenvalue weighted by molar-refractivity contribution is -0.118. The Kier molecular flexibility index (Phi) is 3.95. The van der Waals surface area contributed by atoms with Gasteiger partial charge in [-0.2, -0.15) is 0 Å². The van der Waals surface area contributed by atoms with Gasteiger partial charge in [-0.3, -0.25) is 9.59 Å². The maximum Gasteiger partial charge on any atom is 0.227 e. The number of hydrogen-bond donors (Lipinski definition) is 0. The lowest BCUT2D eigenvalue weighted by atomic mass is 10.1. The quantitative estimate of drug-likeness (QED) is 0.803. The van der Waals surface area contributed by atoms with Crippen molar-refractivity contribution in [1.82, 2.24) is 0 Å². The van der Waals surface area contributed by atoms with E-state index in [-0.39, 0.29) is 18.2 Å². The fourth-order valence-corrected chi connectivity index (χ4v) is 4.61. The zero-order chi connectivity index (χ0) is 15.0. The van der Waals surface area contributed by atoms with Crippen LogP contribution in [-0.4, -0.2) is 18.2 Å². The van der Waals surface area contributed by atoms with Crippen LogP contribution in [0, 0.1) is 13.8 Å². The summed E-state index contributed by atoms with van der Waals surface area (Å²) < 4.78 is 0. The molecule has 1 aliphatic rings. The topological polar surface area (TPSA) is 37.4 Å². The van der Waals surface area contributed by atoms with Gasteiger partial charge in [0, 0.05) is 26.6 Å². The molecule has 0 bridgehead atoms. The van der Waals surface area contributed by atoms with Crippen molar-refractivity contribution in [3.05, 3.63) is 37.7 Å². The van der Waals surface area contributed by atoms with Crippen LogP contribution in [0.15, 0.2) is 17.5 Å². The van der Waals surface area contributed by atoms with E-state index in [1.165, 1.54) is 4.88 Å². The molecule has 2 aromatic heterocycles. The molecule has 0 atom stereocenters. The van der Waals surface area contributed by atoms with Crippen LogP contribution in [0.25, 0.3) is 0 Å². The van der Waals surface area contributed by atoms with Gasteiger partial charge in [0.05, 0.1) is 12.2 Å². The van der Waals surface area contributed by atoms with Gasteiger partial charge in [-0.15, -0.1) is 22.7 Å². The second-order valence-corrected chi connectivity index (χ2v) is 7.77. The van der Waals surface area contributed by atoms with E-state index in [2.05, 4.69) is 0 Å². The summed E-state index contributed by atoms with van der Waals surface area (Å²) in [5, 5.41) is 2.00. The summed E-state index contributed by atoms with van der Waals surface area (Å²) in [6, 6.07) is 3.89. The third-order valence-corrected chi connectivity index (χ3v) is 5.69. The first kappa shape index (κ1) is 14.5. The number of carbonyl (C=O) groups is 2. The van der Waals surface area contributed by atoms with Crippen LogP contribution in [0.4, 0.5) is 5.69 Å². The summed E-state index contributed by atoms with van der Waals surface area (Å²) in [6.07, 6.45) is 2.32. The number of nitrogens with zero attached hydrogens (tertiary/aromatic N) is 1. The summed E-state index contributed by atoms with van der Waals surface area (Å²) in [4.78, 5) is 29.9. The van der Waals surface area contributed by atoms with E-state index in [4.69, 9.17) is 0 Å². The minimum Gasteiger partial charge on any atom is -0.303 e. The number of carbonyl (C=O) groups excluding carboxylic acids is 2. The molecule has 3 heterocycles. The number of amides is 1. The van der Waals surface area contributed by atoms with E-state index in [1.54, 1.807) is 27.6 Å². The minimum atomic E-state index is 0.0317. The van der Waals surface area contributed by atoms with Gasteiger partial charge in [0.1, 0.15) is 0 Å². The highest BCUT2D eigenvalue weighted by atomic mass is 32.1. The number of fused-ring (bicyclic) bond motifs is 1. The van der Waals surface area contributed by atoms with Crippen LogP contribution in [0.2, 0.25) is 0 Å². The molecular formula is C16H17NO2S2. The first-order chi connectivity index (χ1) is 10.1. The van der Waals surface area contributed by atoms with Crippen LogP contribution in [0.1, 0.15) is 37.8 Å². The minimum absolute atomic E-state index is 0.0317. The number of thiophene rings is 2. The molecule has 0 unspecified atom stereocenters. The maximum atomic E-state index is 12.6. The Bertz CT molecular complexity index is 699. The normalized spacial score (nSPS) is 15.0. The Balaban J connectivity index is 1.88. The fraction of sp³-hybridized carbons (Fsp3) is 0.375. The lowest BCUT2D eigenvalue weighted by Crippen LogP contribution is -2.35. The Hall–Kier alpha value is -1.46. The average Bonchev–Trinajstić information content (AvgIpc) is 2.99. The number of aryl methyl sites for hydroxylation is 3. The van der Waals surface area contributed by atoms with Gasteiger partial charge in [0.25, 0.3) is 0 Å². The Labute approximate surface area is 132 Å². The first-order valence-corrected chi connectivity index (χ1v) is 8.73. The SMILES string of the molecule is Cc1cc(C(=O)CN2C(=O)CCCc3sccc32)c(C)s1. The van der Waals surface area contributed by atoms with E-state index in [9.17, 15) is 9.59 Å². The van der Waals surface area contributed by atoms with E-state index in [0.717, 1.165) is 33.8 Å². The van der Waals surface area contributed by atoms with Gasteiger partial charge >= 0.3 is 0 Å².